The van der Waals surface area contributed by atoms with Crippen LogP contribution in [0.15, 0.2) is 29.2 Å². The summed E-state index contributed by atoms with van der Waals surface area (Å²) in [5, 5.41) is 0. The Kier molecular flexibility index (Phi) is 4.29. The van der Waals surface area contributed by atoms with Crippen molar-refractivity contribution in [2.24, 2.45) is 0 Å². The Morgan fingerprint density at radius 3 is 2.60 bits per heavy atom. The van der Waals surface area contributed by atoms with Gasteiger partial charge in [0.2, 0.25) is 15.9 Å². The van der Waals surface area contributed by atoms with Gasteiger partial charge in [-0.25, -0.2) is 8.42 Å². The monoisotopic (exact) mass is 297 g/mol. The van der Waals surface area contributed by atoms with Crippen LogP contribution in [0.4, 0.5) is 5.69 Å². The van der Waals surface area contributed by atoms with E-state index < -0.39 is 10.0 Å². The van der Waals surface area contributed by atoms with Crippen molar-refractivity contribution in [2.45, 2.75) is 17.7 Å². The summed E-state index contributed by atoms with van der Waals surface area (Å²) >= 11 is 0. The summed E-state index contributed by atoms with van der Waals surface area (Å²) in [5.41, 5.74) is 5.98. The van der Waals surface area contributed by atoms with Gasteiger partial charge in [0.15, 0.2) is 0 Å². The van der Waals surface area contributed by atoms with Crippen LogP contribution in [0.25, 0.3) is 0 Å². The number of nitrogen functional groups attached to an aromatic ring is 1. The third kappa shape index (κ3) is 3.10. The lowest BCUT2D eigenvalue weighted by Gasteiger charge is -2.21. The maximum atomic E-state index is 12.3. The van der Waals surface area contributed by atoms with E-state index in [0.717, 1.165) is 17.1 Å². The molecule has 0 unspecified atom stereocenters. The Hall–Kier alpha value is -1.60. The molecule has 1 saturated heterocycles. The minimum atomic E-state index is -3.68. The lowest BCUT2D eigenvalue weighted by molar-refractivity contribution is -0.130. The largest absolute Gasteiger partial charge is 0.399 e. The van der Waals surface area contributed by atoms with Gasteiger partial charge in [0, 0.05) is 25.8 Å². The van der Waals surface area contributed by atoms with E-state index in [1.165, 1.54) is 19.2 Å². The molecule has 2 rings (SSSR count). The molecule has 1 heterocycles. The summed E-state index contributed by atoms with van der Waals surface area (Å²) in [4.78, 5) is 13.8. The number of hydrogen-bond donors (Lipinski definition) is 1. The number of nitrogens with zero attached hydrogens (tertiary/aromatic N) is 2. The van der Waals surface area contributed by atoms with Gasteiger partial charge in [0.1, 0.15) is 0 Å². The molecule has 0 bridgehead atoms. The Labute approximate surface area is 119 Å². The molecule has 0 saturated carbocycles. The van der Waals surface area contributed by atoms with Crippen LogP contribution in [0.1, 0.15) is 12.8 Å². The van der Waals surface area contributed by atoms with Gasteiger partial charge in [-0.1, -0.05) is 6.07 Å². The molecule has 1 aromatic rings. The maximum Gasteiger partial charge on any atom is 0.243 e. The van der Waals surface area contributed by atoms with Crippen LogP contribution in [-0.4, -0.2) is 50.2 Å². The van der Waals surface area contributed by atoms with Gasteiger partial charge >= 0.3 is 0 Å². The van der Waals surface area contributed by atoms with Crippen LogP contribution in [-0.2, 0) is 14.8 Å². The molecular weight excluding hydrogens is 278 g/mol. The van der Waals surface area contributed by atoms with Gasteiger partial charge in [-0.3, -0.25) is 4.79 Å². The van der Waals surface area contributed by atoms with E-state index in [1.54, 1.807) is 17.0 Å². The fraction of sp³-hybridized carbons (Fsp3) is 0.462. The average molecular weight is 297 g/mol. The molecule has 7 heteroatoms. The smallest absolute Gasteiger partial charge is 0.243 e. The van der Waals surface area contributed by atoms with E-state index in [0.29, 0.717) is 18.8 Å². The zero-order valence-electron chi connectivity index (χ0n) is 11.4. The number of likely N-dealkylation sites (tertiary alicyclic amines) is 1. The number of sulfonamides is 1. The first-order chi connectivity index (χ1) is 9.41. The van der Waals surface area contributed by atoms with Crippen molar-refractivity contribution in [2.75, 3.05) is 32.4 Å². The first-order valence-corrected chi connectivity index (χ1v) is 7.95. The Bertz CT molecular complexity index is 595. The third-order valence-corrected chi connectivity index (χ3v) is 5.18. The van der Waals surface area contributed by atoms with Crippen LogP contribution < -0.4 is 5.73 Å². The van der Waals surface area contributed by atoms with Crippen LogP contribution in [0, 0.1) is 0 Å². The summed E-state index contributed by atoms with van der Waals surface area (Å²) in [5.74, 6) is -0.155. The number of amides is 1. The van der Waals surface area contributed by atoms with Crippen LogP contribution in [0.3, 0.4) is 0 Å². The molecule has 0 radical (unpaired) electrons. The lowest BCUT2D eigenvalue weighted by Crippen LogP contribution is -2.39. The molecule has 110 valence electrons. The lowest BCUT2D eigenvalue weighted by atomic mass is 10.3. The minimum Gasteiger partial charge on any atom is -0.399 e. The molecule has 2 N–H and O–H groups in total. The van der Waals surface area contributed by atoms with Crippen molar-refractivity contribution in [3.05, 3.63) is 24.3 Å². The second-order valence-corrected chi connectivity index (χ2v) is 6.97. The van der Waals surface area contributed by atoms with Crippen molar-refractivity contribution in [1.82, 2.24) is 9.21 Å². The molecule has 1 amide bonds. The first-order valence-electron chi connectivity index (χ1n) is 6.51. The van der Waals surface area contributed by atoms with Crippen LogP contribution in [0.5, 0.6) is 0 Å². The SMILES string of the molecule is CN(CC(=O)N1CCCC1)S(=O)(=O)c1cccc(N)c1. The zero-order chi connectivity index (χ0) is 14.8. The fourth-order valence-electron chi connectivity index (χ4n) is 2.20. The molecule has 1 aromatic carbocycles. The predicted octanol–water partition coefficient (Wildman–Crippen LogP) is 0.512. The molecule has 1 aliphatic heterocycles. The molecule has 0 aliphatic carbocycles. The number of carbonyl (C=O) groups excluding carboxylic acids is 1. The molecule has 1 fully saturated rings. The highest BCUT2D eigenvalue weighted by atomic mass is 32.2. The van der Waals surface area contributed by atoms with Gasteiger partial charge < -0.3 is 10.6 Å². The van der Waals surface area contributed by atoms with Crippen molar-refractivity contribution in [1.29, 1.82) is 0 Å². The van der Waals surface area contributed by atoms with E-state index >= 15 is 0 Å². The minimum absolute atomic E-state index is 0.106. The molecule has 0 aromatic heterocycles. The van der Waals surface area contributed by atoms with Gasteiger partial charge in [-0.2, -0.15) is 4.31 Å². The number of hydrogen-bond acceptors (Lipinski definition) is 4. The van der Waals surface area contributed by atoms with Gasteiger partial charge in [0.05, 0.1) is 11.4 Å². The zero-order valence-corrected chi connectivity index (χ0v) is 12.3. The van der Waals surface area contributed by atoms with E-state index in [9.17, 15) is 13.2 Å². The Morgan fingerprint density at radius 2 is 2.00 bits per heavy atom. The summed E-state index contributed by atoms with van der Waals surface area (Å²) in [6, 6.07) is 6.07. The van der Waals surface area contributed by atoms with Crippen LogP contribution in [0.2, 0.25) is 0 Å². The van der Waals surface area contributed by atoms with E-state index in [-0.39, 0.29) is 17.3 Å². The van der Waals surface area contributed by atoms with E-state index in [4.69, 9.17) is 5.73 Å². The van der Waals surface area contributed by atoms with Gasteiger partial charge in [-0.05, 0) is 31.0 Å². The highest BCUT2D eigenvalue weighted by molar-refractivity contribution is 7.89. The number of benzene rings is 1. The quantitative estimate of drug-likeness (QED) is 0.821. The summed E-state index contributed by atoms with van der Waals surface area (Å²) in [7, 11) is -2.27. The molecule has 6 nitrogen and oxygen atoms in total. The summed E-state index contributed by atoms with van der Waals surface area (Å²) in [6.45, 7) is 1.28. The second kappa shape index (κ2) is 5.80. The number of likely N-dealkylation sites (N-methyl/N-ethyl adjacent to an activating group) is 1. The number of anilines is 1. The van der Waals surface area contributed by atoms with Crippen molar-refractivity contribution in [3.8, 4) is 0 Å². The predicted molar refractivity (Wildman–Crippen MR) is 76.5 cm³/mol. The Balaban J connectivity index is 2.11. The molecule has 20 heavy (non-hydrogen) atoms. The highest BCUT2D eigenvalue weighted by Crippen LogP contribution is 2.17. The van der Waals surface area contributed by atoms with Crippen molar-refractivity contribution >= 4 is 21.6 Å². The molecule has 0 atom stereocenters. The summed E-state index contributed by atoms with van der Waals surface area (Å²) in [6.07, 6.45) is 1.97. The highest BCUT2D eigenvalue weighted by Gasteiger charge is 2.26. The molecule has 0 spiro atoms. The van der Waals surface area contributed by atoms with Gasteiger partial charge in [0.25, 0.3) is 0 Å². The van der Waals surface area contributed by atoms with E-state index in [1.807, 2.05) is 0 Å². The maximum absolute atomic E-state index is 12.3. The molecular formula is C13H19N3O3S. The first kappa shape index (κ1) is 14.8. The fourth-order valence-corrected chi connectivity index (χ4v) is 3.37. The van der Waals surface area contributed by atoms with Gasteiger partial charge in [-0.15, -0.1) is 0 Å². The second-order valence-electron chi connectivity index (χ2n) is 4.92. The van der Waals surface area contributed by atoms with E-state index in [2.05, 4.69) is 0 Å². The Morgan fingerprint density at radius 1 is 1.35 bits per heavy atom. The van der Waals surface area contributed by atoms with Crippen molar-refractivity contribution < 1.29 is 13.2 Å². The average Bonchev–Trinajstić information content (AvgIpc) is 2.92. The normalized spacial score (nSPS) is 15.8. The summed E-state index contributed by atoms with van der Waals surface area (Å²) < 4.78 is 25.7. The third-order valence-electron chi connectivity index (χ3n) is 3.38. The number of carbonyl (C=O) groups is 1. The topological polar surface area (TPSA) is 83.7 Å². The standard InChI is InChI=1S/C13H19N3O3S/c1-15(10-13(17)16-7-2-3-8-16)20(18,19)12-6-4-5-11(14)9-12/h4-6,9H,2-3,7-8,10,14H2,1H3. The van der Waals surface area contributed by atoms with Crippen molar-refractivity contribution in [3.63, 3.8) is 0 Å². The van der Waals surface area contributed by atoms with Crippen LogP contribution >= 0.6 is 0 Å². The number of nitrogens with two attached hydrogens (primary N) is 1. The molecule has 1 aliphatic rings. The number of rotatable bonds is 4.